The lowest BCUT2D eigenvalue weighted by atomic mass is 10.1. The number of hydrogen-bond donors (Lipinski definition) is 1. The molecule has 138 valence electrons. The highest BCUT2D eigenvalue weighted by atomic mass is 32.2. The highest BCUT2D eigenvalue weighted by Gasteiger charge is 2.30. The van der Waals surface area contributed by atoms with Crippen LogP contribution < -0.4 is 5.32 Å². The van der Waals surface area contributed by atoms with E-state index in [0.717, 1.165) is 19.3 Å². The fourth-order valence-corrected chi connectivity index (χ4v) is 4.81. The first-order valence-corrected chi connectivity index (χ1v) is 10.0. The minimum atomic E-state index is -3.57. The number of hydrogen-bond acceptors (Lipinski definition) is 3. The van der Waals surface area contributed by atoms with Crippen LogP contribution in [0.15, 0.2) is 53.4 Å². The predicted molar refractivity (Wildman–Crippen MR) is 98.0 cm³/mol. The van der Waals surface area contributed by atoms with Crippen LogP contribution in [0, 0.1) is 5.82 Å². The van der Waals surface area contributed by atoms with Crippen molar-refractivity contribution < 1.29 is 17.6 Å². The molecule has 1 N–H and O–H groups in total. The van der Waals surface area contributed by atoms with Crippen molar-refractivity contribution in [1.82, 2.24) is 4.31 Å². The number of piperidine rings is 1. The van der Waals surface area contributed by atoms with Gasteiger partial charge in [-0.3, -0.25) is 4.79 Å². The highest BCUT2D eigenvalue weighted by molar-refractivity contribution is 7.89. The molecule has 1 saturated heterocycles. The Kier molecular flexibility index (Phi) is 5.38. The summed E-state index contributed by atoms with van der Waals surface area (Å²) >= 11 is 0. The van der Waals surface area contributed by atoms with Crippen molar-refractivity contribution in [2.75, 3.05) is 11.9 Å². The van der Waals surface area contributed by atoms with Crippen molar-refractivity contribution in [2.45, 2.75) is 37.1 Å². The van der Waals surface area contributed by atoms with Gasteiger partial charge in [0, 0.05) is 23.8 Å². The average molecular weight is 376 g/mol. The zero-order valence-corrected chi connectivity index (χ0v) is 15.3. The van der Waals surface area contributed by atoms with Crippen molar-refractivity contribution in [2.24, 2.45) is 0 Å². The Morgan fingerprint density at radius 3 is 2.54 bits per heavy atom. The number of carbonyl (C=O) groups is 1. The smallest absolute Gasteiger partial charge is 0.255 e. The largest absolute Gasteiger partial charge is 0.322 e. The summed E-state index contributed by atoms with van der Waals surface area (Å²) in [5, 5.41) is 2.59. The molecule has 1 aliphatic rings. The summed E-state index contributed by atoms with van der Waals surface area (Å²) in [6, 6.07) is 11.4. The molecular formula is C19H21FN2O3S. The summed E-state index contributed by atoms with van der Waals surface area (Å²) in [6.07, 6.45) is 2.75. The highest BCUT2D eigenvalue weighted by Crippen LogP contribution is 2.25. The lowest BCUT2D eigenvalue weighted by molar-refractivity contribution is 0.102. The molecule has 2 aromatic carbocycles. The molecule has 0 aliphatic carbocycles. The van der Waals surface area contributed by atoms with Crippen LogP contribution in [0.4, 0.5) is 10.1 Å². The molecule has 0 bridgehead atoms. The number of anilines is 1. The molecule has 1 amide bonds. The third kappa shape index (κ3) is 3.94. The number of sulfonamides is 1. The van der Waals surface area contributed by atoms with Crippen LogP contribution >= 0.6 is 0 Å². The molecule has 1 atom stereocenters. The van der Waals surface area contributed by atoms with Gasteiger partial charge < -0.3 is 5.32 Å². The number of nitrogens with one attached hydrogen (secondary N) is 1. The Bertz CT molecular complexity index is 897. The maximum atomic E-state index is 13.2. The van der Waals surface area contributed by atoms with Crippen molar-refractivity contribution in [3.63, 3.8) is 0 Å². The van der Waals surface area contributed by atoms with E-state index in [1.54, 1.807) is 6.07 Å². The van der Waals surface area contributed by atoms with Gasteiger partial charge in [0.25, 0.3) is 5.91 Å². The van der Waals surface area contributed by atoms with Crippen molar-refractivity contribution in [1.29, 1.82) is 0 Å². The molecule has 0 saturated carbocycles. The molecule has 0 unspecified atom stereocenters. The number of rotatable bonds is 4. The van der Waals surface area contributed by atoms with Crippen LogP contribution in [0.2, 0.25) is 0 Å². The van der Waals surface area contributed by atoms with Crippen molar-refractivity contribution in [3.8, 4) is 0 Å². The van der Waals surface area contributed by atoms with Gasteiger partial charge in [-0.1, -0.05) is 12.5 Å². The fraction of sp³-hybridized carbons (Fsp3) is 0.316. The SMILES string of the molecule is C[C@@H]1CCCCN1S(=O)(=O)c1ccc(C(=O)Nc2cccc(F)c2)cc1. The molecule has 3 rings (SSSR count). The normalized spacial score (nSPS) is 18.5. The summed E-state index contributed by atoms with van der Waals surface area (Å²) in [4.78, 5) is 12.4. The van der Waals surface area contributed by atoms with Crippen molar-refractivity contribution in [3.05, 3.63) is 59.9 Å². The standard InChI is InChI=1S/C19H21FN2O3S/c1-14-5-2-3-12-22(14)26(24,25)18-10-8-15(9-11-18)19(23)21-17-7-4-6-16(20)13-17/h4,6-11,13-14H,2-3,5,12H2,1H3,(H,21,23)/t14-/m1/s1. The summed E-state index contributed by atoms with van der Waals surface area (Å²) in [5.74, 6) is -0.870. The molecule has 2 aromatic rings. The van der Waals surface area contributed by atoms with Gasteiger partial charge in [-0.25, -0.2) is 12.8 Å². The Hall–Kier alpha value is -2.25. The maximum absolute atomic E-state index is 13.2. The first-order chi connectivity index (χ1) is 12.4. The quantitative estimate of drug-likeness (QED) is 0.886. The van der Waals surface area contributed by atoms with E-state index in [4.69, 9.17) is 0 Å². The summed E-state index contributed by atoms with van der Waals surface area (Å²) in [5.41, 5.74) is 0.647. The van der Waals surface area contributed by atoms with Gasteiger partial charge in [-0.15, -0.1) is 0 Å². The number of nitrogens with zero attached hydrogens (tertiary/aromatic N) is 1. The second-order valence-corrected chi connectivity index (χ2v) is 8.34. The molecule has 1 heterocycles. The third-order valence-electron chi connectivity index (χ3n) is 4.55. The van der Waals surface area contributed by atoms with Gasteiger partial charge in [0.2, 0.25) is 10.0 Å². The van der Waals surface area contributed by atoms with E-state index >= 15 is 0 Å². The van der Waals surface area contributed by atoms with E-state index in [2.05, 4.69) is 5.32 Å². The van der Waals surface area contributed by atoms with E-state index in [9.17, 15) is 17.6 Å². The Labute approximate surface area is 152 Å². The van der Waals surface area contributed by atoms with Gasteiger partial charge in [0.15, 0.2) is 0 Å². The van der Waals surface area contributed by atoms with E-state index in [-0.39, 0.29) is 10.9 Å². The Balaban J connectivity index is 1.76. The van der Waals surface area contributed by atoms with Gasteiger partial charge in [0.05, 0.1) is 4.90 Å². The van der Waals surface area contributed by atoms with Crippen LogP contribution in [-0.2, 0) is 10.0 Å². The van der Waals surface area contributed by atoms with Crippen LogP contribution in [0.25, 0.3) is 0 Å². The molecule has 7 heteroatoms. The van der Waals surface area contributed by atoms with E-state index in [1.165, 1.54) is 46.8 Å². The number of halogens is 1. The lowest BCUT2D eigenvalue weighted by Crippen LogP contribution is -2.41. The molecule has 0 spiro atoms. The molecule has 26 heavy (non-hydrogen) atoms. The Morgan fingerprint density at radius 1 is 1.15 bits per heavy atom. The number of carbonyl (C=O) groups excluding carboxylic acids is 1. The molecule has 1 aliphatic heterocycles. The fourth-order valence-electron chi connectivity index (χ4n) is 3.11. The van der Waals surface area contributed by atoms with Crippen LogP contribution in [0.1, 0.15) is 36.5 Å². The lowest BCUT2D eigenvalue weighted by Gasteiger charge is -2.32. The van der Waals surface area contributed by atoms with E-state index in [0.29, 0.717) is 17.8 Å². The molecule has 0 radical (unpaired) electrons. The Morgan fingerprint density at radius 2 is 1.88 bits per heavy atom. The van der Waals surface area contributed by atoms with E-state index < -0.39 is 21.7 Å². The third-order valence-corrected chi connectivity index (χ3v) is 6.58. The van der Waals surface area contributed by atoms with Crippen molar-refractivity contribution >= 4 is 21.6 Å². The average Bonchev–Trinajstić information content (AvgIpc) is 2.62. The second kappa shape index (κ2) is 7.55. The molecular weight excluding hydrogens is 355 g/mol. The number of benzene rings is 2. The van der Waals surface area contributed by atoms with Crippen LogP contribution in [0.3, 0.4) is 0 Å². The zero-order valence-electron chi connectivity index (χ0n) is 14.5. The summed E-state index contributed by atoms with van der Waals surface area (Å²) in [7, 11) is -3.57. The maximum Gasteiger partial charge on any atom is 0.255 e. The minimum absolute atomic E-state index is 0.0234. The number of amides is 1. The summed E-state index contributed by atoms with van der Waals surface area (Å²) < 4.78 is 40.3. The van der Waals surface area contributed by atoms with E-state index in [1.807, 2.05) is 6.92 Å². The first-order valence-electron chi connectivity index (χ1n) is 8.57. The second-order valence-electron chi connectivity index (χ2n) is 6.45. The summed E-state index contributed by atoms with van der Waals surface area (Å²) in [6.45, 7) is 2.43. The molecule has 5 nitrogen and oxygen atoms in total. The van der Waals surface area contributed by atoms with Gasteiger partial charge >= 0.3 is 0 Å². The minimum Gasteiger partial charge on any atom is -0.322 e. The zero-order chi connectivity index (χ0) is 18.7. The first kappa shape index (κ1) is 18.5. The van der Waals surface area contributed by atoms with Gasteiger partial charge in [0.1, 0.15) is 5.82 Å². The topological polar surface area (TPSA) is 66.5 Å². The van der Waals surface area contributed by atoms with Gasteiger partial charge in [-0.05, 0) is 62.2 Å². The van der Waals surface area contributed by atoms with Crippen LogP contribution in [-0.4, -0.2) is 31.2 Å². The van der Waals surface area contributed by atoms with Crippen LogP contribution in [0.5, 0.6) is 0 Å². The molecule has 0 aromatic heterocycles. The predicted octanol–water partition coefficient (Wildman–Crippen LogP) is 3.64. The van der Waals surface area contributed by atoms with Gasteiger partial charge in [-0.2, -0.15) is 4.31 Å². The monoisotopic (exact) mass is 376 g/mol. The molecule has 1 fully saturated rings.